The summed E-state index contributed by atoms with van der Waals surface area (Å²) in [6.45, 7) is 2.26. The molecule has 1 aromatic rings. The third-order valence-electron chi connectivity index (χ3n) is 2.76. The van der Waals surface area contributed by atoms with Crippen molar-refractivity contribution in [1.82, 2.24) is 4.72 Å². The van der Waals surface area contributed by atoms with Gasteiger partial charge in [-0.3, -0.25) is 0 Å². The number of methoxy groups -OCH3 is 1. The van der Waals surface area contributed by atoms with Gasteiger partial charge in [0.15, 0.2) is 0 Å². The van der Waals surface area contributed by atoms with Crippen LogP contribution in [0, 0.1) is 11.3 Å². The van der Waals surface area contributed by atoms with E-state index >= 15 is 0 Å². The molecule has 0 radical (unpaired) electrons. The van der Waals surface area contributed by atoms with Crippen molar-refractivity contribution >= 4 is 15.7 Å². The Kier molecular flexibility index (Phi) is 5.95. The Morgan fingerprint density at radius 2 is 2.20 bits per heavy atom. The summed E-state index contributed by atoms with van der Waals surface area (Å²) in [4.78, 5) is -0.0197. The van der Waals surface area contributed by atoms with E-state index in [4.69, 9.17) is 15.7 Å². The number of sulfonamides is 1. The fourth-order valence-corrected chi connectivity index (χ4v) is 3.24. The average Bonchev–Trinajstić information content (AvgIpc) is 2.38. The van der Waals surface area contributed by atoms with E-state index < -0.39 is 10.0 Å². The molecule has 0 bridgehead atoms. The predicted molar refractivity (Wildman–Crippen MR) is 76.5 cm³/mol. The molecular weight excluding hydrogens is 278 g/mol. The maximum Gasteiger partial charge on any atom is 0.242 e. The minimum Gasteiger partial charge on any atom is -0.398 e. The summed E-state index contributed by atoms with van der Waals surface area (Å²) in [7, 11) is -2.20. The van der Waals surface area contributed by atoms with E-state index in [9.17, 15) is 8.42 Å². The summed E-state index contributed by atoms with van der Waals surface area (Å²) in [5.74, 6) is 0. The van der Waals surface area contributed by atoms with E-state index in [0.29, 0.717) is 18.6 Å². The molecule has 1 atom stereocenters. The molecule has 20 heavy (non-hydrogen) atoms. The zero-order valence-corrected chi connectivity index (χ0v) is 12.4. The summed E-state index contributed by atoms with van der Waals surface area (Å²) >= 11 is 0. The molecule has 0 aliphatic carbocycles. The molecule has 0 saturated carbocycles. The van der Waals surface area contributed by atoms with Gasteiger partial charge in [0.2, 0.25) is 10.0 Å². The first-order chi connectivity index (χ1) is 9.44. The summed E-state index contributed by atoms with van der Waals surface area (Å²) in [5, 5.41) is 8.75. The molecule has 0 heterocycles. The van der Waals surface area contributed by atoms with E-state index in [1.54, 1.807) is 0 Å². The van der Waals surface area contributed by atoms with E-state index in [-0.39, 0.29) is 16.6 Å². The standard InChI is InChI=1S/C13H19N3O3S/c1-3-4-11(9-19-2)16-20(17,18)13-6-5-10(8-14)7-12(13)15/h5-7,11,16H,3-4,9,15H2,1-2H3. The van der Waals surface area contributed by atoms with Gasteiger partial charge in [0.25, 0.3) is 0 Å². The summed E-state index contributed by atoms with van der Waals surface area (Å²) < 4.78 is 32.1. The quantitative estimate of drug-likeness (QED) is 0.736. The minimum atomic E-state index is -3.72. The molecule has 3 N–H and O–H groups in total. The number of nitrogens with two attached hydrogens (primary N) is 1. The van der Waals surface area contributed by atoms with Crippen LogP contribution in [0.1, 0.15) is 25.3 Å². The lowest BCUT2D eigenvalue weighted by molar-refractivity contribution is 0.171. The molecule has 110 valence electrons. The van der Waals surface area contributed by atoms with Crippen molar-refractivity contribution in [2.75, 3.05) is 19.5 Å². The zero-order valence-electron chi connectivity index (χ0n) is 11.6. The molecule has 0 amide bonds. The second kappa shape index (κ2) is 7.24. The van der Waals surface area contributed by atoms with E-state index in [1.807, 2.05) is 13.0 Å². The molecule has 1 unspecified atom stereocenters. The first-order valence-electron chi connectivity index (χ1n) is 6.25. The lowest BCUT2D eigenvalue weighted by Gasteiger charge is -2.18. The van der Waals surface area contributed by atoms with Crippen LogP contribution < -0.4 is 10.5 Å². The van der Waals surface area contributed by atoms with Crippen LogP contribution in [-0.4, -0.2) is 28.2 Å². The van der Waals surface area contributed by atoms with E-state index in [1.165, 1.54) is 25.3 Å². The highest BCUT2D eigenvalue weighted by Crippen LogP contribution is 2.20. The van der Waals surface area contributed by atoms with E-state index in [2.05, 4.69) is 4.72 Å². The molecule has 0 spiro atoms. The SMILES string of the molecule is CCCC(COC)NS(=O)(=O)c1ccc(C#N)cc1N. The molecule has 0 aromatic heterocycles. The van der Waals surface area contributed by atoms with Crippen molar-refractivity contribution < 1.29 is 13.2 Å². The topological polar surface area (TPSA) is 105 Å². The Bertz CT molecular complexity index is 587. The minimum absolute atomic E-state index is 0.0197. The van der Waals surface area contributed by atoms with Crippen LogP contribution in [0.2, 0.25) is 0 Å². The van der Waals surface area contributed by atoms with Gasteiger partial charge in [-0.15, -0.1) is 0 Å². The number of anilines is 1. The van der Waals surface area contributed by atoms with Gasteiger partial charge < -0.3 is 10.5 Å². The molecule has 0 saturated heterocycles. The van der Waals surface area contributed by atoms with Gasteiger partial charge in [-0.05, 0) is 24.6 Å². The third kappa shape index (κ3) is 4.20. The van der Waals surface area contributed by atoms with Crippen molar-refractivity contribution in [3.05, 3.63) is 23.8 Å². The first kappa shape index (κ1) is 16.4. The predicted octanol–water partition coefficient (Wildman–Crippen LogP) is 1.23. The number of nitrogen functional groups attached to an aromatic ring is 1. The number of nitrogens with one attached hydrogen (secondary N) is 1. The van der Waals surface area contributed by atoms with Gasteiger partial charge in [0, 0.05) is 13.2 Å². The van der Waals surface area contributed by atoms with Gasteiger partial charge in [-0.2, -0.15) is 5.26 Å². The number of hydrogen-bond acceptors (Lipinski definition) is 5. The van der Waals surface area contributed by atoms with Gasteiger partial charge >= 0.3 is 0 Å². The van der Waals surface area contributed by atoms with E-state index in [0.717, 1.165) is 6.42 Å². The van der Waals surface area contributed by atoms with Crippen LogP contribution in [0.5, 0.6) is 0 Å². The Morgan fingerprint density at radius 3 is 2.70 bits per heavy atom. The van der Waals surface area contributed by atoms with Crippen LogP contribution in [0.3, 0.4) is 0 Å². The fourth-order valence-electron chi connectivity index (χ4n) is 1.87. The van der Waals surface area contributed by atoms with Crippen molar-refractivity contribution in [2.45, 2.75) is 30.7 Å². The second-order valence-corrected chi connectivity index (χ2v) is 6.11. The molecule has 0 fully saturated rings. The molecule has 0 aliphatic rings. The van der Waals surface area contributed by atoms with Crippen molar-refractivity contribution in [3.63, 3.8) is 0 Å². The lowest BCUT2D eigenvalue weighted by Crippen LogP contribution is -2.38. The van der Waals surface area contributed by atoms with Crippen LogP contribution in [0.4, 0.5) is 5.69 Å². The van der Waals surface area contributed by atoms with Gasteiger partial charge in [-0.25, -0.2) is 13.1 Å². The number of nitriles is 1. The number of rotatable bonds is 7. The van der Waals surface area contributed by atoms with Crippen LogP contribution in [0.15, 0.2) is 23.1 Å². The van der Waals surface area contributed by atoms with Crippen molar-refractivity contribution in [2.24, 2.45) is 0 Å². The smallest absolute Gasteiger partial charge is 0.242 e. The molecule has 7 heteroatoms. The molecule has 0 aliphatic heterocycles. The van der Waals surface area contributed by atoms with Crippen LogP contribution in [0.25, 0.3) is 0 Å². The maximum atomic E-state index is 12.3. The van der Waals surface area contributed by atoms with Crippen LogP contribution >= 0.6 is 0 Å². The first-order valence-corrected chi connectivity index (χ1v) is 7.73. The summed E-state index contributed by atoms with van der Waals surface area (Å²) in [6, 6.07) is 5.72. The molecule has 1 aromatic carbocycles. The largest absolute Gasteiger partial charge is 0.398 e. The molecular formula is C13H19N3O3S. The Labute approximate surface area is 119 Å². The number of nitrogens with zero attached hydrogens (tertiary/aromatic N) is 1. The van der Waals surface area contributed by atoms with Crippen molar-refractivity contribution in [1.29, 1.82) is 5.26 Å². The van der Waals surface area contributed by atoms with Crippen LogP contribution in [-0.2, 0) is 14.8 Å². The Hall–Kier alpha value is -1.62. The number of hydrogen-bond donors (Lipinski definition) is 2. The second-order valence-electron chi connectivity index (χ2n) is 4.43. The summed E-state index contributed by atoms with van der Waals surface area (Å²) in [5.41, 5.74) is 6.09. The molecule has 1 rings (SSSR count). The van der Waals surface area contributed by atoms with Crippen molar-refractivity contribution in [3.8, 4) is 6.07 Å². The maximum absolute atomic E-state index is 12.3. The van der Waals surface area contributed by atoms with Gasteiger partial charge in [-0.1, -0.05) is 13.3 Å². The highest BCUT2D eigenvalue weighted by molar-refractivity contribution is 7.89. The Morgan fingerprint density at radius 1 is 1.50 bits per heavy atom. The fraction of sp³-hybridized carbons (Fsp3) is 0.462. The monoisotopic (exact) mass is 297 g/mol. The normalized spacial score (nSPS) is 12.8. The summed E-state index contributed by atoms with van der Waals surface area (Å²) in [6.07, 6.45) is 1.50. The van der Waals surface area contributed by atoms with Gasteiger partial charge in [0.05, 0.1) is 23.9 Å². The lowest BCUT2D eigenvalue weighted by atomic mass is 10.2. The number of benzene rings is 1. The molecule has 6 nitrogen and oxygen atoms in total. The third-order valence-corrected chi connectivity index (χ3v) is 4.35. The van der Waals surface area contributed by atoms with Gasteiger partial charge in [0.1, 0.15) is 4.90 Å². The average molecular weight is 297 g/mol. The number of ether oxygens (including phenoxy) is 1. The highest BCUT2D eigenvalue weighted by Gasteiger charge is 2.22. The zero-order chi connectivity index (χ0) is 15.2. The highest BCUT2D eigenvalue weighted by atomic mass is 32.2. The Balaban J connectivity index is 3.01.